The lowest BCUT2D eigenvalue weighted by molar-refractivity contribution is -0.117. The van der Waals surface area contributed by atoms with Crippen LogP contribution in [0, 0.1) is 12.8 Å². The number of benzene rings is 2. The molecule has 1 fully saturated rings. The Morgan fingerprint density at radius 2 is 1.64 bits per heavy atom. The van der Waals surface area contributed by atoms with Gasteiger partial charge in [0.1, 0.15) is 0 Å². The summed E-state index contributed by atoms with van der Waals surface area (Å²) in [6.07, 6.45) is 1.87. The molecule has 1 aliphatic carbocycles. The van der Waals surface area contributed by atoms with Crippen molar-refractivity contribution < 1.29 is 9.59 Å². The maximum atomic E-state index is 12.4. The second-order valence-corrected chi connectivity index (χ2v) is 5.63. The van der Waals surface area contributed by atoms with E-state index in [2.05, 4.69) is 10.6 Å². The van der Waals surface area contributed by atoms with Crippen LogP contribution < -0.4 is 10.6 Å². The average molecular weight is 294 g/mol. The molecule has 2 amide bonds. The first-order chi connectivity index (χ1) is 10.6. The minimum Gasteiger partial charge on any atom is -0.325 e. The van der Waals surface area contributed by atoms with E-state index in [-0.39, 0.29) is 17.7 Å². The molecule has 0 radical (unpaired) electrons. The molecule has 0 aromatic heterocycles. The number of hydrogen-bond donors (Lipinski definition) is 2. The molecule has 3 rings (SSSR count). The zero-order valence-electron chi connectivity index (χ0n) is 12.4. The zero-order chi connectivity index (χ0) is 15.5. The first-order valence-corrected chi connectivity index (χ1v) is 7.41. The molecule has 0 bridgehead atoms. The van der Waals surface area contributed by atoms with Crippen LogP contribution in [0.15, 0.2) is 48.5 Å². The molecule has 2 aromatic rings. The minimum atomic E-state index is -0.226. The maximum Gasteiger partial charge on any atom is 0.257 e. The van der Waals surface area contributed by atoms with Gasteiger partial charge in [-0.15, -0.1) is 0 Å². The Balaban J connectivity index is 1.76. The molecule has 112 valence electrons. The summed E-state index contributed by atoms with van der Waals surface area (Å²) in [5.41, 5.74) is 2.90. The van der Waals surface area contributed by atoms with Gasteiger partial charge in [-0.2, -0.15) is 0 Å². The standard InChI is InChI=1S/C18H18N2O2/c1-12-6-10-14(11-7-12)19-18(22)15-4-2-3-5-16(15)20-17(21)13-8-9-13/h2-7,10-11,13H,8-9H2,1H3,(H,19,22)(H,20,21). The first-order valence-electron chi connectivity index (χ1n) is 7.41. The van der Waals surface area contributed by atoms with Gasteiger partial charge >= 0.3 is 0 Å². The molecule has 0 atom stereocenters. The van der Waals surface area contributed by atoms with Gasteiger partial charge in [0, 0.05) is 11.6 Å². The third kappa shape index (κ3) is 3.34. The van der Waals surface area contributed by atoms with Crippen molar-refractivity contribution in [1.29, 1.82) is 0 Å². The molecule has 1 aliphatic rings. The van der Waals surface area contributed by atoms with Crippen LogP contribution in [0.1, 0.15) is 28.8 Å². The van der Waals surface area contributed by atoms with Gasteiger partial charge in [0.25, 0.3) is 5.91 Å². The van der Waals surface area contributed by atoms with Crippen LogP contribution in [0.2, 0.25) is 0 Å². The molecule has 1 saturated carbocycles. The van der Waals surface area contributed by atoms with Crippen molar-refractivity contribution in [2.75, 3.05) is 10.6 Å². The van der Waals surface area contributed by atoms with Gasteiger partial charge in [-0.25, -0.2) is 0 Å². The normalized spacial score (nSPS) is 13.5. The molecule has 0 aliphatic heterocycles. The highest BCUT2D eigenvalue weighted by Gasteiger charge is 2.30. The average Bonchev–Trinajstić information content (AvgIpc) is 3.35. The largest absolute Gasteiger partial charge is 0.325 e. The van der Waals surface area contributed by atoms with Gasteiger partial charge in [0.2, 0.25) is 5.91 Å². The van der Waals surface area contributed by atoms with Gasteiger partial charge in [-0.1, -0.05) is 29.8 Å². The Labute approximate surface area is 129 Å². The third-order valence-corrected chi connectivity index (χ3v) is 3.69. The fourth-order valence-corrected chi connectivity index (χ4v) is 2.21. The molecule has 4 nitrogen and oxygen atoms in total. The maximum absolute atomic E-state index is 12.4. The summed E-state index contributed by atoms with van der Waals surface area (Å²) in [6, 6.07) is 14.7. The van der Waals surface area contributed by atoms with Gasteiger partial charge < -0.3 is 10.6 Å². The SMILES string of the molecule is Cc1ccc(NC(=O)c2ccccc2NC(=O)C2CC2)cc1. The van der Waals surface area contributed by atoms with Crippen LogP contribution in [-0.4, -0.2) is 11.8 Å². The van der Waals surface area contributed by atoms with Crippen molar-refractivity contribution in [2.45, 2.75) is 19.8 Å². The predicted molar refractivity (Wildman–Crippen MR) is 86.9 cm³/mol. The molecular weight excluding hydrogens is 276 g/mol. The van der Waals surface area contributed by atoms with Crippen molar-refractivity contribution in [3.63, 3.8) is 0 Å². The van der Waals surface area contributed by atoms with Gasteiger partial charge in [0.15, 0.2) is 0 Å². The summed E-state index contributed by atoms with van der Waals surface area (Å²) in [6.45, 7) is 1.99. The highest BCUT2D eigenvalue weighted by molar-refractivity contribution is 6.10. The smallest absolute Gasteiger partial charge is 0.257 e. The van der Waals surface area contributed by atoms with Crippen LogP contribution in [0.4, 0.5) is 11.4 Å². The van der Waals surface area contributed by atoms with Gasteiger partial charge in [-0.3, -0.25) is 9.59 Å². The van der Waals surface area contributed by atoms with E-state index in [1.807, 2.05) is 37.3 Å². The monoisotopic (exact) mass is 294 g/mol. The molecule has 2 aromatic carbocycles. The predicted octanol–water partition coefficient (Wildman–Crippen LogP) is 3.60. The Morgan fingerprint density at radius 1 is 0.955 bits per heavy atom. The van der Waals surface area contributed by atoms with E-state index in [0.29, 0.717) is 11.3 Å². The highest BCUT2D eigenvalue weighted by Crippen LogP contribution is 2.30. The topological polar surface area (TPSA) is 58.2 Å². The molecule has 0 saturated heterocycles. The third-order valence-electron chi connectivity index (χ3n) is 3.69. The number of amides is 2. The molecule has 0 unspecified atom stereocenters. The summed E-state index contributed by atoms with van der Waals surface area (Å²) >= 11 is 0. The molecule has 0 spiro atoms. The lowest BCUT2D eigenvalue weighted by Crippen LogP contribution is -2.19. The summed E-state index contributed by atoms with van der Waals surface area (Å²) in [7, 11) is 0. The number of carbonyl (C=O) groups is 2. The van der Waals surface area contributed by atoms with E-state index in [0.717, 1.165) is 24.1 Å². The molecular formula is C18H18N2O2. The number of nitrogens with one attached hydrogen (secondary N) is 2. The quantitative estimate of drug-likeness (QED) is 0.905. The Morgan fingerprint density at radius 3 is 2.32 bits per heavy atom. The molecule has 0 heterocycles. The molecule has 2 N–H and O–H groups in total. The van der Waals surface area contributed by atoms with E-state index >= 15 is 0 Å². The summed E-state index contributed by atoms with van der Waals surface area (Å²) in [4.78, 5) is 24.3. The lowest BCUT2D eigenvalue weighted by atomic mass is 10.1. The van der Waals surface area contributed by atoms with Gasteiger partial charge in [0.05, 0.1) is 11.3 Å². The van der Waals surface area contributed by atoms with Crippen molar-refractivity contribution >= 4 is 23.2 Å². The number of aryl methyl sites for hydroxylation is 1. The summed E-state index contributed by atoms with van der Waals surface area (Å²) in [5.74, 6) is -0.126. The van der Waals surface area contributed by atoms with Crippen LogP contribution in [0.3, 0.4) is 0 Å². The fourth-order valence-electron chi connectivity index (χ4n) is 2.21. The van der Waals surface area contributed by atoms with E-state index in [4.69, 9.17) is 0 Å². The minimum absolute atomic E-state index is 0.00409. The van der Waals surface area contributed by atoms with Crippen molar-refractivity contribution in [1.82, 2.24) is 0 Å². The van der Waals surface area contributed by atoms with Crippen molar-refractivity contribution in [3.05, 3.63) is 59.7 Å². The van der Waals surface area contributed by atoms with Crippen LogP contribution in [-0.2, 0) is 4.79 Å². The van der Waals surface area contributed by atoms with Gasteiger partial charge in [-0.05, 0) is 44.0 Å². The lowest BCUT2D eigenvalue weighted by Gasteiger charge is -2.11. The highest BCUT2D eigenvalue weighted by atomic mass is 16.2. The number of rotatable bonds is 4. The van der Waals surface area contributed by atoms with Crippen LogP contribution in [0.5, 0.6) is 0 Å². The van der Waals surface area contributed by atoms with Crippen molar-refractivity contribution in [3.8, 4) is 0 Å². The van der Waals surface area contributed by atoms with Crippen molar-refractivity contribution in [2.24, 2.45) is 5.92 Å². The Kier molecular flexibility index (Phi) is 3.92. The first kappa shape index (κ1) is 14.3. The number of para-hydroxylation sites is 1. The fraction of sp³-hybridized carbons (Fsp3) is 0.222. The summed E-state index contributed by atoms with van der Waals surface area (Å²) in [5, 5.41) is 5.70. The van der Waals surface area contributed by atoms with E-state index in [1.54, 1.807) is 18.2 Å². The Bertz CT molecular complexity index is 703. The number of carbonyl (C=O) groups excluding carboxylic acids is 2. The zero-order valence-corrected chi connectivity index (χ0v) is 12.4. The van der Waals surface area contributed by atoms with Crippen LogP contribution in [0.25, 0.3) is 0 Å². The van der Waals surface area contributed by atoms with Crippen LogP contribution >= 0.6 is 0 Å². The molecule has 22 heavy (non-hydrogen) atoms. The number of anilines is 2. The Hall–Kier alpha value is -2.62. The summed E-state index contributed by atoms with van der Waals surface area (Å²) < 4.78 is 0. The van der Waals surface area contributed by atoms with E-state index in [1.165, 1.54) is 0 Å². The second kappa shape index (κ2) is 6.02. The van der Waals surface area contributed by atoms with E-state index < -0.39 is 0 Å². The van der Waals surface area contributed by atoms with E-state index in [9.17, 15) is 9.59 Å². The molecule has 4 heteroatoms. The number of hydrogen-bond acceptors (Lipinski definition) is 2. The second-order valence-electron chi connectivity index (χ2n) is 5.63.